The Morgan fingerprint density at radius 2 is 1.60 bits per heavy atom. The van der Waals surface area contributed by atoms with Crippen molar-refractivity contribution in [2.75, 3.05) is 13.1 Å². The number of piperidine rings is 1. The topological polar surface area (TPSA) is 95.6 Å². The molecule has 7 nitrogen and oxygen atoms in total. The molecule has 1 heterocycles. The number of halogens is 1. The first-order chi connectivity index (χ1) is 14.3. The van der Waals surface area contributed by atoms with Crippen molar-refractivity contribution >= 4 is 33.4 Å². The second kappa shape index (κ2) is 9.59. The Hall–Kier alpha value is -2.42. The van der Waals surface area contributed by atoms with E-state index >= 15 is 0 Å². The third-order valence-electron chi connectivity index (χ3n) is 5.09. The highest BCUT2D eigenvalue weighted by Crippen LogP contribution is 2.23. The van der Waals surface area contributed by atoms with Crippen molar-refractivity contribution < 1.29 is 18.0 Å². The van der Waals surface area contributed by atoms with Crippen LogP contribution < -0.4 is 10.9 Å². The quantitative estimate of drug-likeness (QED) is 0.686. The molecule has 9 heteroatoms. The summed E-state index contributed by atoms with van der Waals surface area (Å²) in [4.78, 5) is 24.4. The predicted octanol–water partition coefficient (Wildman–Crippen LogP) is 2.76. The Balaban J connectivity index is 1.55. The third kappa shape index (κ3) is 5.59. The molecule has 30 heavy (non-hydrogen) atoms. The minimum atomic E-state index is -3.57. The molecule has 2 aromatic carbocycles. The van der Waals surface area contributed by atoms with Crippen LogP contribution in [0.5, 0.6) is 0 Å². The molecule has 0 unspecified atom stereocenters. The molecule has 0 aromatic heterocycles. The van der Waals surface area contributed by atoms with Crippen molar-refractivity contribution in [3.05, 3.63) is 64.7 Å². The summed E-state index contributed by atoms with van der Waals surface area (Å²) >= 11 is 5.81. The van der Waals surface area contributed by atoms with Crippen LogP contribution in [0.25, 0.3) is 0 Å². The number of nitrogens with zero attached hydrogens (tertiary/aromatic N) is 1. The number of benzene rings is 2. The average Bonchev–Trinajstić information content (AvgIpc) is 2.74. The number of hydrogen-bond donors (Lipinski definition) is 2. The van der Waals surface area contributed by atoms with E-state index in [1.54, 1.807) is 24.3 Å². The van der Waals surface area contributed by atoms with Gasteiger partial charge in [0, 0.05) is 23.7 Å². The van der Waals surface area contributed by atoms with E-state index in [2.05, 4.69) is 17.8 Å². The molecule has 3 rings (SSSR count). The van der Waals surface area contributed by atoms with Gasteiger partial charge >= 0.3 is 0 Å². The molecule has 2 aromatic rings. The largest absolute Gasteiger partial charge is 0.273 e. The van der Waals surface area contributed by atoms with Gasteiger partial charge in [0.2, 0.25) is 15.9 Å². The lowest BCUT2D eigenvalue weighted by Gasteiger charge is -2.29. The Labute approximate surface area is 181 Å². The SMILES string of the molecule is CC1CCN(S(=O)(=O)c2ccc(C(=O)NNC(=O)Cc3ccc(Cl)cc3)cc2)CC1. The fourth-order valence-corrected chi connectivity index (χ4v) is 4.78. The van der Waals surface area contributed by atoms with Gasteiger partial charge in [0.15, 0.2) is 0 Å². The first-order valence-corrected chi connectivity index (χ1v) is 11.5. The van der Waals surface area contributed by atoms with Gasteiger partial charge in [-0.05, 0) is 60.7 Å². The van der Waals surface area contributed by atoms with Crippen LogP contribution in [0.3, 0.4) is 0 Å². The number of amides is 2. The van der Waals surface area contributed by atoms with Crippen LogP contribution in [0.2, 0.25) is 5.02 Å². The summed E-state index contributed by atoms with van der Waals surface area (Å²) in [5.41, 5.74) is 5.68. The highest BCUT2D eigenvalue weighted by atomic mass is 35.5. The summed E-state index contributed by atoms with van der Waals surface area (Å²) in [6.07, 6.45) is 1.77. The number of carbonyl (C=O) groups is 2. The van der Waals surface area contributed by atoms with Gasteiger partial charge in [-0.2, -0.15) is 4.31 Å². The predicted molar refractivity (Wildman–Crippen MR) is 114 cm³/mol. The number of carbonyl (C=O) groups excluding carboxylic acids is 2. The van der Waals surface area contributed by atoms with Crippen LogP contribution in [-0.2, 0) is 21.2 Å². The number of rotatable bonds is 5. The molecule has 0 aliphatic carbocycles. The van der Waals surface area contributed by atoms with Gasteiger partial charge in [0.25, 0.3) is 5.91 Å². The molecule has 1 aliphatic rings. The van der Waals surface area contributed by atoms with Gasteiger partial charge < -0.3 is 0 Å². The summed E-state index contributed by atoms with van der Waals surface area (Å²) in [5, 5.41) is 0.577. The lowest BCUT2D eigenvalue weighted by molar-refractivity contribution is -0.121. The van der Waals surface area contributed by atoms with E-state index in [1.165, 1.54) is 28.6 Å². The molecule has 1 aliphatic heterocycles. The van der Waals surface area contributed by atoms with Crippen molar-refractivity contribution in [1.29, 1.82) is 0 Å². The molecule has 0 atom stereocenters. The lowest BCUT2D eigenvalue weighted by atomic mass is 10.0. The summed E-state index contributed by atoms with van der Waals surface area (Å²) < 4.78 is 27.0. The Morgan fingerprint density at radius 1 is 1.00 bits per heavy atom. The molecule has 1 fully saturated rings. The Bertz CT molecular complexity index is 1000. The summed E-state index contributed by atoms with van der Waals surface area (Å²) in [7, 11) is -3.57. The van der Waals surface area contributed by atoms with Crippen molar-refractivity contribution in [3.8, 4) is 0 Å². The minimum absolute atomic E-state index is 0.0864. The van der Waals surface area contributed by atoms with Crippen LogP contribution in [0, 0.1) is 5.92 Å². The van der Waals surface area contributed by atoms with Gasteiger partial charge in [0.1, 0.15) is 0 Å². The zero-order valence-electron chi connectivity index (χ0n) is 16.6. The smallest absolute Gasteiger partial charge is 0.269 e. The maximum Gasteiger partial charge on any atom is 0.269 e. The highest BCUT2D eigenvalue weighted by Gasteiger charge is 2.28. The van der Waals surface area contributed by atoms with E-state index in [0.29, 0.717) is 24.0 Å². The monoisotopic (exact) mass is 449 g/mol. The molecular formula is C21H24ClN3O4S. The fourth-order valence-electron chi connectivity index (χ4n) is 3.18. The van der Waals surface area contributed by atoms with Crippen LogP contribution in [0.1, 0.15) is 35.7 Å². The summed E-state index contributed by atoms with van der Waals surface area (Å²) in [6.45, 7) is 3.13. The van der Waals surface area contributed by atoms with Crippen molar-refractivity contribution in [1.82, 2.24) is 15.2 Å². The maximum atomic E-state index is 12.7. The molecule has 0 bridgehead atoms. The molecule has 2 N–H and O–H groups in total. The van der Waals surface area contributed by atoms with E-state index in [1.807, 2.05) is 0 Å². The molecule has 0 spiro atoms. The van der Waals surface area contributed by atoms with Gasteiger partial charge in [-0.1, -0.05) is 30.7 Å². The van der Waals surface area contributed by atoms with Gasteiger partial charge in [-0.3, -0.25) is 20.4 Å². The van der Waals surface area contributed by atoms with E-state index in [-0.39, 0.29) is 22.8 Å². The second-order valence-electron chi connectivity index (χ2n) is 7.42. The number of hydrazine groups is 1. The average molecular weight is 450 g/mol. The number of hydrogen-bond acceptors (Lipinski definition) is 4. The van der Waals surface area contributed by atoms with Crippen molar-refractivity contribution in [2.45, 2.75) is 31.1 Å². The number of nitrogens with one attached hydrogen (secondary N) is 2. The van der Waals surface area contributed by atoms with E-state index in [0.717, 1.165) is 18.4 Å². The third-order valence-corrected chi connectivity index (χ3v) is 7.26. The van der Waals surface area contributed by atoms with Crippen LogP contribution >= 0.6 is 11.6 Å². The van der Waals surface area contributed by atoms with Crippen molar-refractivity contribution in [3.63, 3.8) is 0 Å². The van der Waals surface area contributed by atoms with E-state index in [4.69, 9.17) is 11.6 Å². The van der Waals surface area contributed by atoms with Crippen LogP contribution in [0.4, 0.5) is 0 Å². The fraction of sp³-hybridized carbons (Fsp3) is 0.333. The standard InChI is InChI=1S/C21H24ClN3O4S/c1-15-10-12-25(13-11-15)30(28,29)19-8-4-17(5-9-19)21(27)24-23-20(26)14-16-2-6-18(22)7-3-16/h2-9,15H,10-14H2,1H3,(H,23,26)(H,24,27). The molecule has 0 radical (unpaired) electrons. The summed E-state index contributed by atoms with van der Waals surface area (Å²) in [6, 6.07) is 12.5. The van der Waals surface area contributed by atoms with Gasteiger partial charge in [-0.25, -0.2) is 8.42 Å². The van der Waals surface area contributed by atoms with Gasteiger partial charge in [-0.15, -0.1) is 0 Å². The van der Waals surface area contributed by atoms with Crippen LogP contribution in [-0.4, -0.2) is 37.6 Å². The van der Waals surface area contributed by atoms with Crippen molar-refractivity contribution in [2.24, 2.45) is 5.92 Å². The van der Waals surface area contributed by atoms with E-state index < -0.39 is 15.9 Å². The number of sulfonamides is 1. The maximum absolute atomic E-state index is 12.7. The zero-order chi connectivity index (χ0) is 21.7. The molecular weight excluding hydrogens is 426 g/mol. The minimum Gasteiger partial charge on any atom is -0.273 e. The normalized spacial score (nSPS) is 15.5. The molecule has 1 saturated heterocycles. The first kappa shape index (κ1) is 22.3. The van der Waals surface area contributed by atoms with E-state index in [9.17, 15) is 18.0 Å². The van der Waals surface area contributed by atoms with Crippen LogP contribution in [0.15, 0.2) is 53.4 Å². The second-order valence-corrected chi connectivity index (χ2v) is 9.79. The first-order valence-electron chi connectivity index (χ1n) is 9.69. The highest BCUT2D eigenvalue weighted by molar-refractivity contribution is 7.89. The zero-order valence-corrected chi connectivity index (χ0v) is 18.2. The molecule has 2 amide bonds. The Morgan fingerprint density at radius 3 is 2.20 bits per heavy atom. The molecule has 160 valence electrons. The van der Waals surface area contributed by atoms with Gasteiger partial charge in [0.05, 0.1) is 11.3 Å². The molecule has 0 saturated carbocycles. The Kier molecular flexibility index (Phi) is 7.12. The lowest BCUT2D eigenvalue weighted by Crippen LogP contribution is -2.42. The summed E-state index contributed by atoms with van der Waals surface area (Å²) in [5.74, 6) is -0.392.